The number of carbonyl (C=O) groups is 2. The highest BCUT2D eigenvalue weighted by Gasteiger charge is 2.52. The molecule has 106 valence electrons. The summed E-state index contributed by atoms with van der Waals surface area (Å²) in [4.78, 5) is 25.7. The molecule has 2 aliphatic heterocycles. The molecule has 1 spiro atoms. The lowest BCUT2D eigenvalue weighted by molar-refractivity contribution is -0.141. The summed E-state index contributed by atoms with van der Waals surface area (Å²) in [6.07, 6.45) is 0.984. The molecule has 1 unspecified atom stereocenters. The van der Waals surface area contributed by atoms with Gasteiger partial charge < -0.3 is 0 Å². The summed E-state index contributed by atoms with van der Waals surface area (Å²) in [5.74, 6) is 0.769. The molecular weight excluding hydrogens is 301 g/mol. The molecule has 0 radical (unpaired) electrons. The van der Waals surface area contributed by atoms with Crippen LogP contribution < -0.4 is 0 Å². The number of imide groups is 1. The zero-order valence-electron chi connectivity index (χ0n) is 10.7. The van der Waals surface area contributed by atoms with Gasteiger partial charge in [-0.15, -0.1) is 0 Å². The highest BCUT2D eigenvalue weighted by molar-refractivity contribution is 7.99. The average molecular weight is 314 g/mol. The van der Waals surface area contributed by atoms with Gasteiger partial charge in [-0.05, 0) is 30.4 Å². The van der Waals surface area contributed by atoms with Crippen molar-refractivity contribution in [3.05, 3.63) is 34.6 Å². The van der Waals surface area contributed by atoms with E-state index in [2.05, 4.69) is 0 Å². The SMILES string of the molecule is O=C1CC2(CCSC2)C(=O)N1Cc1cc(Cl)ccc1F. The third-order valence-electron chi connectivity index (χ3n) is 3.93. The van der Waals surface area contributed by atoms with E-state index in [4.69, 9.17) is 11.6 Å². The zero-order valence-corrected chi connectivity index (χ0v) is 12.3. The van der Waals surface area contributed by atoms with Crippen molar-refractivity contribution in [3.63, 3.8) is 0 Å². The lowest BCUT2D eigenvalue weighted by atomic mass is 9.86. The monoisotopic (exact) mass is 313 g/mol. The highest BCUT2D eigenvalue weighted by atomic mass is 35.5. The van der Waals surface area contributed by atoms with Crippen molar-refractivity contribution in [1.29, 1.82) is 0 Å². The van der Waals surface area contributed by atoms with Gasteiger partial charge in [0.05, 0.1) is 12.0 Å². The maximum atomic E-state index is 13.7. The number of halogens is 2. The Labute approximate surface area is 125 Å². The molecule has 0 bridgehead atoms. The number of nitrogens with zero attached hydrogens (tertiary/aromatic N) is 1. The predicted molar refractivity (Wildman–Crippen MR) is 76.0 cm³/mol. The molecule has 2 aliphatic rings. The van der Waals surface area contributed by atoms with Crippen LogP contribution in [0.15, 0.2) is 18.2 Å². The highest BCUT2D eigenvalue weighted by Crippen LogP contribution is 2.45. The number of hydrogen-bond donors (Lipinski definition) is 0. The maximum absolute atomic E-state index is 13.7. The lowest BCUT2D eigenvalue weighted by Crippen LogP contribution is -2.35. The Morgan fingerprint density at radius 3 is 2.90 bits per heavy atom. The summed E-state index contributed by atoms with van der Waals surface area (Å²) in [5, 5.41) is 0.395. The summed E-state index contributed by atoms with van der Waals surface area (Å²) < 4.78 is 13.7. The molecule has 3 nitrogen and oxygen atoms in total. The normalized spacial score (nSPS) is 26.0. The van der Waals surface area contributed by atoms with Crippen molar-refractivity contribution >= 4 is 35.2 Å². The maximum Gasteiger partial charge on any atom is 0.237 e. The molecule has 2 amide bonds. The van der Waals surface area contributed by atoms with Gasteiger partial charge in [0.1, 0.15) is 5.82 Å². The van der Waals surface area contributed by atoms with Crippen LogP contribution in [-0.4, -0.2) is 28.2 Å². The van der Waals surface area contributed by atoms with Crippen LogP contribution in [0.3, 0.4) is 0 Å². The first-order chi connectivity index (χ1) is 9.52. The van der Waals surface area contributed by atoms with Crippen molar-refractivity contribution in [2.45, 2.75) is 19.4 Å². The minimum atomic E-state index is -0.545. The Hall–Kier alpha value is -1.07. The van der Waals surface area contributed by atoms with Gasteiger partial charge >= 0.3 is 0 Å². The van der Waals surface area contributed by atoms with E-state index in [1.54, 1.807) is 11.8 Å². The summed E-state index contributed by atoms with van der Waals surface area (Å²) >= 11 is 7.53. The van der Waals surface area contributed by atoms with Gasteiger partial charge in [-0.3, -0.25) is 14.5 Å². The second kappa shape index (κ2) is 5.04. The molecule has 1 aromatic carbocycles. The molecule has 1 aromatic rings. The van der Waals surface area contributed by atoms with Gasteiger partial charge in [0, 0.05) is 22.8 Å². The smallest absolute Gasteiger partial charge is 0.237 e. The number of rotatable bonds is 2. The predicted octanol–water partition coefficient (Wildman–Crippen LogP) is 2.86. The van der Waals surface area contributed by atoms with E-state index in [1.165, 1.54) is 23.1 Å². The molecule has 1 atom stereocenters. The minimum absolute atomic E-state index is 0.0313. The molecule has 2 fully saturated rings. The largest absolute Gasteiger partial charge is 0.277 e. The molecule has 20 heavy (non-hydrogen) atoms. The third-order valence-corrected chi connectivity index (χ3v) is 5.41. The molecule has 0 N–H and O–H groups in total. The van der Waals surface area contributed by atoms with Crippen LogP contribution >= 0.6 is 23.4 Å². The molecule has 0 saturated carbocycles. The van der Waals surface area contributed by atoms with Crippen LogP contribution in [0, 0.1) is 11.2 Å². The number of thioether (sulfide) groups is 1. The van der Waals surface area contributed by atoms with E-state index in [1.807, 2.05) is 0 Å². The summed E-state index contributed by atoms with van der Waals surface area (Å²) in [7, 11) is 0. The molecule has 0 aliphatic carbocycles. The average Bonchev–Trinajstić information content (AvgIpc) is 2.96. The van der Waals surface area contributed by atoms with Gasteiger partial charge in [0.2, 0.25) is 11.8 Å². The first kappa shape index (κ1) is 13.9. The van der Waals surface area contributed by atoms with Crippen LogP contribution in [0.1, 0.15) is 18.4 Å². The standard InChI is InChI=1S/C14H13ClFNO2S/c15-10-1-2-11(16)9(5-10)7-17-12(18)6-14(13(17)19)3-4-20-8-14/h1-2,5H,3-4,6-8H2. The zero-order chi connectivity index (χ0) is 14.3. The second-order valence-electron chi connectivity index (χ2n) is 5.28. The number of hydrogen-bond acceptors (Lipinski definition) is 3. The van der Waals surface area contributed by atoms with Crippen LogP contribution in [0.5, 0.6) is 0 Å². The fraction of sp³-hybridized carbons (Fsp3) is 0.429. The van der Waals surface area contributed by atoms with Crippen molar-refractivity contribution in [1.82, 2.24) is 4.90 Å². The summed E-state index contributed by atoms with van der Waals surface area (Å²) in [5.41, 5.74) is -0.265. The third kappa shape index (κ3) is 2.23. The first-order valence-corrected chi connectivity index (χ1v) is 7.92. The van der Waals surface area contributed by atoms with Crippen LogP contribution in [0.4, 0.5) is 4.39 Å². The van der Waals surface area contributed by atoms with Gasteiger partial charge in [0.25, 0.3) is 0 Å². The Morgan fingerprint density at radius 2 is 2.20 bits per heavy atom. The Morgan fingerprint density at radius 1 is 1.40 bits per heavy atom. The van der Waals surface area contributed by atoms with Crippen molar-refractivity contribution in [2.75, 3.05) is 11.5 Å². The van der Waals surface area contributed by atoms with E-state index >= 15 is 0 Å². The quantitative estimate of drug-likeness (QED) is 0.788. The Bertz CT molecular complexity index is 587. The molecule has 2 heterocycles. The van der Waals surface area contributed by atoms with E-state index in [9.17, 15) is 14.0 Å². The van der Waals surface area contributed by atoms with Gasteiger partial charge in [0.15, 0.2) is 0 Å². The number of carbonyl (C=O) groups excluding carboxylic acids is 2. The molecule has 6 heteroatoms. The number of benzene rings is 1. The molecule has 2 saturated heterocycles. The number of likely N-dealkylation sites (tertiary alicyclic amines) is 1. The van der Waals surface area contributed by atoms with E-state index < -0.39 is 11.2 Å². The minimum Gasteiger partial charge on any atom is -0.277 e. The van der Waals surface area contributed by atoms with Crippen LogP contribution in [0.25, 0.3) is 0 Å². The van der Waals surface area contributed by atoms with Crippen molar-refractivity contribution in [3.8, 4) is 0 Å². The number of amides is 2. The van der Waals surface area contributed by atoms with E-state index in [0.717, 1.165) is 12.2 Å². The Kier molecular flexibility index (Phi) is 3.50. The van der Waals surface area contributed by atoms with Gasteiger partial charge in [-0.1, -0.05) is 11.6 Å². The van der Waals surface area contributed by atoms with Crippen LogP contribution in [0.2, 0.25) is 5.02 Å². The molecule has 0 aromatic heterocycles. The molecule has 3 rings (SSSR count). The Balaban J connectivity index is 1.86. The fourth-order valence-electron chi connectivity index (χ4n) is 2.77. The summed E-state index contributed by atoms with van der Waals surface area (Å²) in [6, 6.07) is 4.17. The summed E-state index contributed by atoms with van der Waals surface area (Å²) in [6.45, 7) is -0.0313. The van der Waals surface area contributed by atoms with Gasteiger partial charge in [-0.25, -0.2) is 4.39 Å². The first-order valence-electron chi connectivity index (χ1n) is 6.38. The van der Waals surface area contributed by atoms with Crippen LogP contribution in [-0.2, 0) is 16.1 Å². The van der Waals surface area contributed by atoms with Crippen molar-refractivity contribution < 1.29 is 14.0 Å². The topological polar surface area (TPSA) is 37.4 Å². The fourth-order valence-corrected chi connectivity index (χ4v) is 4.40. The molecular formula is C14H13ClFNO2S. The second-order valence-corrected chi connectivity index (χ2v) is 6.82. The van der Waals surface area contributed by atoms with E-state index in [-0.39, 0.29) is 30.3 Å². The van der Waals surface area contributed by atoms with Gasteiger partial charge in [-0.2, -0.15) is 11.8 Å². The van der Waals surface area contributed by atoms with Crippen molar-refractivity contribution in [2.24, 2.45) is 5.41 Å². The van der Waals surface area contributed by atoms with E-state index in [0.29, 0.717) is 10.8 Å². The lowest BCUT2D eigenvalue weighted by Gasteiger charge is -2.20.